The van der Waals surface area contributed by atoms with Gasteiger partial charge in [0.25, 0.3) is 0 Å². The van der Waals surface area contributed by atoms with E-state index in [0.29, 0.717) is 11.1 Å². The van der Waals surface area contributed by atoms with Gasteiger partial charge < -0.3 is 0 Å². The van der Waals surface area contributed by atoms with Crippen molar-refractivity contribution in [2.24, 2.45) is 0 Å². The molecular formula is C14H7ClO2Te. The molecule has 1 heterocycles. The van der Waals surface area contributed by atoms with Crippen LogP contribution in [0, 0.1) is 0 Å². The van der Waals surface area contributed by atoms with Gasteiger partial charge in [-0.15, -0.1) is 0 Å². The van der Waals surface area contributed by atoms with Crippen molar-refractivity contribution in [1.82, 2.24) is 0 Å². The van der Waals surface area contributed by atoms with E-state index in [1.54, 1.807) is 30.3 Å². The fraction of sp³-hybridized carbons (Fsp3) is 0. The molecule has 0 bridgehead atoms. The number of fused-ring (bicyclic) bond motifs is 1. The summed E-state index contributed by atoms with van der Waals surface area (Å²) < 4.78 is 1.87. The van der Waals surface area contributed by atoms with E-state index in [9.17, 15) is 9.59 Å². The van der Waals surface area contributed by atoms with Gasteiger partial charge in [0.15, 0.2) is 0 Å². The van der Waals surface area contributed by atoms with Crippen LogP contribution in [0.4, 0.5) is 0 Å². The van der Waals surface area contributed by atoms with E-state index < -0.39 is 20.4 Å². The Morgan fingerprint density at radius 1 is 0.944 bits per heavy atom. The zero-order valence-corrected chi connectivity index (χ0v) is 12.2. The number of halogens is 1. The van der Waals surface area contributed by atoms with Crippen LogP contribution >= 0.6 is 11.6 Å². The summed E-state index contributed by atoms with van der Waals surface area (Å²) in [4.78, 5) is 24.2. The molecule has 88 valence electrons. The number of carbonyl (C=O) groups excluding carboxylic acids is 2. The third kappa shape index (κ3) is 1.89. The van der Waals surface area contributed by atoms with Gasteiger partial charge in [0.2, 0.25) is 0 Å². The molecule has 2 nitrogen and oxygen atoms in total. The number of hydrogen-bond acceptors (Lipinski definition) is 2. The first kappa shape index (κ1) is 11.9. The van der Waals surface area contributed by atoms with Gasteiger partial charge in [-0.1, -0.05) is 0 Å². The Morgan fingerprint density at radius 3 is 2.06 bits per heavy atom. The molecule has 0 fully saturated rings. The molecule has 1 aliphatic carbocycles. The van der Waals surface area contributed by atoms with E-state index >= 15 is 0 Å². The van der Waals surface area contributed by atoms with Gasteiger partial charge in [0.05, 0.1) is 0 Å². The maximum atomic E-state index is 12.1. The van der Waals surface area contributed by atoms with Crippen molar-refractivity contribution in [3.05, 3.63) is 59.7 Å². The molecule has 18 heavy (non-hydrogen) atoms. The second-order valence-electron chi connectivity index (χ2n) is 3.90. The second kappa shape index (κ2) is 4.51. The van der Waals surface area contributed by atoms with E-state index in [1.165, 1.54) is 0 Å². The molecule has 0 saturated carbocycles. The van der Waals surface area contributed by atoms with Crippen molar-refractivity contribution in [2.75, 3.05) is 0 Å². The topological polar surface area (TPSA) is 34.1 Å². The van der Waals surface area contributed by atoms with Crippen molar-refractivity contribution in [1.29, 1.82) is 0 Å². The summed E-state index contributed by atoms with van der Waals surface area (Å²) in [6.07, 6.45) is 1.71. The van der Waals surface area contributed by atoms with Crippen LogP contribution in [0.1, 0.15) is 24.3 Å². The molecule has 0 radical (unpaired) electrons. The Labute approximate surface area is 119 Å². The summed E-state index contributed by atoms with van der Waals surface area (Å²) in [5.41, 5.74) is 1.28. The van der Waals surface area contributed by atoms with Gasteiger partial charge in [-0.3, -0.25) is 0 Å². The summed E-state index contributed by atoms with van der Waals surface area (Å²) in [6.45, 7) is 0. The van der Waals surface area contributed by atoms with Crippen LogP contribution in [0.2, 0.25) is 3.04 Å². The molecule has 0 unspecified atom stereocenters. The fourth-order valence-electron chi connectivity index (χ4n) is 1.95. The van der Waals surface area contributed by atoms with Gasteiger partial charge in [0, 0.05) is 0 Å². The Bertz CT molecular complexity index is 660. The molecule has 4 heteroatoms. The van der Waals surface area contributed by atoms with Crippen LogP contribution in [-0.2, 0) is 0 Å². The van der Waals surface area contributed by atoms with Crippen molar-refractivity contribution in [2.45, 2.75) is 0 Å². The zero-order valence-electron chi connectivity index (χ0n) is 9.14. The van der Waals surface area contributed by atoms with E-state index in [-0.39, 0.29) is 17.1 Å². The predicted octanol–water partition coefficient (Wildman–Crippen LogP) is 2.86. The summed E-state index contributed by atoms with van der Waals surface area (Å²) in [6, 6.07) is 10.7. The van der Waals surface area contributed by atoms with Crippen LogP contribution < -0.4 is 0 Å². The standard InChI is InChI=1S/C14H7ClO2Te/c15-12-6-5-8(18-12)7-11-13(16)9-3-1-2-4-10(9)14(11)17/h1-7H. The summed E-state index contributed by atoms with van der Waals surface area (Å²) in [5, 5.41) is 0. The molecule has 2 aromatic rings. The van der Waals surface area contributed by atoms with E-state index in [0.717, 1.165) is 6.62 Å². The van der Waals surface area contributed by atoms with Gasteiger partial charge >= 0.3 is 119 Å². The van der Waals surface area contributed by atoms with Crippen LogP contribution in [0.25, 0.3) is 6.08 Å². The van der Waals surface area contributed by atoms with Gasteiger partial charge in [-0.25, -0.2) is 0 Å². The second-order valence-corrected chi connectivity index (χ2v) is 8.20. The average Bonchev–Trinajstić information content (AvgIpc) is 2.88. The first-order valence-corrected chi connectivity index (χ1v) is 8.03. The van der Waals surface area contributed by atoms with Crippen LogP contribution in [-0.4, -0.2) is 32.0 Å². The third-order valence-corrected chi connectivity index (χ3v) is 5.77. The Morgan fingerprint density at radius 2 is 1.56 bits per heavy atom. The third-order valence-electron chi connectivity index (χ3n) is 2.79. The number of benzene rings is 1. The SMILES string of the molecule is O=C1C(=Cc2ccc(Cl)[te]2)C(=O)c2ccccc21. The molecule has 1 aromatic carbocycles. The van der Waals surface area contributed by atoms with Crippen molar-refractivity contribution < 1.29 is 9.59 Å². The molecule has 3 rings (SSSR count). The van der Waals surface area contributed by atoms with Crippen molar-refractivity contribution >= 4 is 49.7 Å². The van der Waals surface area contributed by atoms with Crippen molar-refractivity contribution in [3.8, 4) is 0 Å². The fourth-order valence-corrected chi connectivity index (χ4v) is 4.54. The zero-order chi connectivity index (χ0) is 12.7. The quantitative estimate of drug-likeness (QED) is 0.440. The molecule has 0 N–H and O–H groups in total. The first-order chi connectivity index (χ1) is 8.66. The normalized spacial score (nSPS) is 13.9. The first-order valence-electron chi connectivity index (χ1n) is 5.32. The van der Waals surface area contributed by atoms with Crippen LogP contribution in [0.5, 0.6) is 0 Å². The molecular weight excluding hydrogens is 363 g/mol. The number of hydrogen-bond donors (Lipinski definition) is 0. The van der Waals surface area contributed by atoms with Gasteiger partial charge in [-0.05, 0) is 0 Å². The number of ketones is 2. The molecule has 0 spiro atoms. The number of Topliss-reactive ketones (excluding diaryl/α,β-unsaturated/α-hetero) is 2. The minimum absolute atomic E-state index is 0.174. The number of carbonyl (C=O) groups is 2. The molecule has 0 atom stereocenters. The van der Waals surface area contributed by atoms with Crippen LogP contribution in [0.15, 0.2) is 42.0 Å². The van der Waals surface area contributed by atoms with E-state index in [4.69, 9.17) is 11.6 Å². The molecule has 1 aromatic heterocycles. The van der Waals surface area contributed by atoms with E-state index in [2.05, 4.69) is 0 Å². The molecule has 0 aliphatic heterocycles. The Kier molecular flexibility index (Phi) is 2.99. The minimum atomic E-state index is -0.595. The molecule has 0 amide bonds. The Balaban J connectivity index is 2.10. The summed E-state index contributed by atoms with van der Waals surface area (Å²) >= 11 is 5.33. The molecule has 1 aliphatic rings. The van der Waals surface area contributed by atoms with Gasteiger partial charge in [-0.2, -0.15) is 0 Å². The Hall–Kier alpha value is -1.14. The summed E-state index contributed by atoms with van der Waals surface area (Å²) in [7, 11) is 0. The number of rotatable bonds is 1. The van der Waals surface area contributed by atoms with Gasteiger partial charge in [0.1, 0.15) is 0 Å². The summed E-state index contributed by atoms with van der Waals surface area (Å²) in [5.74, 6) is -0.348. The number of allylic oxidation sites excluding steroid dienone is 1. The monoisotopic (exact) mass is 372 g/mol. The van der Waals surface area contributed by atoms with Crippen LogP contribution in [0.3, 0.4) is 0 Å². The van der Waals surface area contributed by atoms with E-state index in [1.807, 2.05) is 12.1 Å². The molecule has 0 saturated heterocycles. The average molecular weight is 370 g/mol. The predicted molar refractivity (Wildman–Crippen MR) is 71.5 cm³/mol. The maximum absolute atomic E-state index is 12.1. The van der Waals surface area contributed by atoms with Crippen molar-refractivity contribution in [3.63, 3.8) is 0 Å².